The summed E-state index contributed by atoms with van der Waals surface area (Å²) in [5.74, 6) is 0.213. The molecule has 0 aliphatic carbocycles. The molecule has 5 heteroatoms. The molecule has 2 rings (SSSR count). The Balaban J connectivity index is 2.59. The minimum absolute atomic E-state index is 0.0213. The summed E-state index contributed by atoms with van der Waals surface area (Å²) in [7, 11) is 0. The van der Waals surface area contributed by atoms with Gasteiger partial charge in [0.2, 0.25) is 0 Å². The van der Waals surface area contributed by atoms with Crippen LogP contribution in [0.1, 0.15) is 10.5 Å². The highest BCUT2D eigenvalue weighted by molar-refractivity contribution is 6.35. The van der Waals surface area contributed by atoms with Gasteiger partial charge in [-0.1, -0.05) is 28.9 Å². The molecule has 1 N–H and O–H groups in total. The van der Waals surface area contributed by atoms with Gasteiger partial charge in [0.1, 0.15) is 10.8 Å². The molecule has 15 heavy (non-hydrogen) atoms. The molecule has 0 radical (unpaired) electrons. The van der Waals surface area contributed by atoms with Gasteiger partial charge in [0.15, 0.2) is 17.7 Å². The minimum atomic E-state index is 0.0213. The Bertz CT molecular complexity index is 507. The number of phenolic OH excluding ortho intramolecular Hbond substituents is 1. The highest BCUT2D eigenvalue weighted by Gasteiger charge is 2.17. The van der Waals surface area contributed by atoms with E-state index in [4.69, 9.17) is 16.1 Å². The highest BCUT2D eigenvalue weighted by atomic mass is 35.5. The van der Waals surface area contributed by atoms with Gasteiger partial charge in [-0.05, 0) is 12.1 Å². The van der Waals surface area contributed by atoms with Crippen LogP contribution in [0.5, 0.6) is 5.75 Å². The number of phenols is 1. The van der Waals surface area contributed by atoms with E-state index in [9.17, 15) is 9.90 Å². The lowest BCUT2D eigenvalue weighted by molar-refractivity contribution is 0.111. The fraction of sp³-hybridized carbons (Fsp3) is 0. The average molecular weight is 224 g/mol. The molecule has 76 valence electrons. The molecular formula is C10H6ClNO3. The van der Waals surface area contributed by atoms with Crippen molar-refractivity contribution < 1.29 is 14.4 Å². The second-order valence-corrected chi connectivity index (χ2v) is 3.22. The van der Waals surface area contributed by atoms with Crippen molar-refractivity contribution in [2.75, 3.05) is 0 Å². The first-order chi connectivity index (χ1) is 7.24. The van der Waals surface area contributed by atoms with Crippen LogP contribution in [0.15, 0.2) is 28.8 Å². The predicted octanol–water partition coefficient (Wildman–Crippen LogP) is 2.51. The summed E-state index contributed by atoms with van der Waals surface area (Å²) in [5, 5.41) is 13.1. The lowest BCUT2D eigenvalue weighted by atomic mass is 10.1. The molecule has 0 amide bonds. The van der Waals surface area contributed by atoms with Crippen molar-refractivity contribution in [3.05, 3.63) is 35.0 Å². The highest BCUT2D eigenvalue weighted by Crippen LogP contribution is 2.35. The molecule has 0 saturated heterocycles. The summed E-state index contributed by atoms with van der Waals surface area (Å²) in [4.78, 5) is 10.5. The van der Waals surface area contributed by atoms with Gasteiger partial charge in [-0.3, -0.25) is 4.79 Å². The molecule has 0 aliphatic rings. The topological polar surface area (TPSA) is 63.3 Å². The molecule has 4 nitrogen and oxygen atoms in total. The maximum Gasteiger partial charge on any atom is 0.189 e. The predicted molar refractivity (Wildman–Crippen MR) is 54.0 cm³/mol. The van der Waals surface area contributed by atoms with Gasteiger partial charge in [0.25, 0.3) is 0 Å². The quantitative estimate of drug-likeness (QED) is 0.795. The third-order valence-electron chi connectivity index (χ3n) is 1.92. The standard InChI is InChI=1S/C10H6ClNO3/c11-9-7(5-13)12-15-10(9)6-3-1-2-4-8(6)14/h1-5,14H. The number of aromatic nitrogens is 1. The lowest BCUT2D eigenvalue weighted by Gasteiger charge is -1.98. The maximum absolute atomic E-state index is 10.5. The minimum Gasteiger partial charge on any atom is -0.507 e. The molecule has 0 bridgehead atoms. The van der Waals surface area contributed by atoms with Gasteiger partial charge in [-0.25, -0.2) is 0 Å². The van der Waals surface area contributed by atoms with Crippen molar-refractivity contribution in [1.82, 2.24) is 5.16 Å². The molecular weight excluding hydrogens is 218 g/mol. The van der Waals surface area contributed by atoms with Crippen molar-refractivity contribution in [1.29, 1.82) is 0 Å². The molecule has 0 saturated carbocycles. The number of halogens is 1. The number of nitrogens with zero attached hydrogens (tertiary/aromatic N) is 1. The number of carbonyl (C=O) groups excluding carboxylic acids is 1. The molecule has 0 unspecified atom stereocenters. The molecule has 1 aromatic heterocycles. The largest absolute Gasteiger partial charge is 0.507 e. The summed E-state index contributed by atoms with van der Waals surface area (Å²) in [6, 6.07) is 6.50. The first kappa shape index (κ1) is 9.73. The van der Waals surface area contributed by atoms with Gasteiger partial charge >= 0.3 is 0 Å². The lowest BCUT2D eigenvalue weighted by Crippen LogP contribution is -1.79. The summed E-state index contributed by atoms with van der Waals surface area (Å²) in [5.41, 5.74) is 0.429. The summed E-state index contributed by atoms with van der Waals surface area (Å²) in [6.45, 7) is 0. The molecule has 0 fully saturated rings. The van der Waals surface area contributed by atoms with Crippen LogP contribution in [-0.2, 0) is 0 Å². The van der Waals surface area contributed by atoms with E-state index < -0.39 is 0 Å². The van der Waals surface area contributed by atoms with Crippen LogP contribution >= 0.6 is 11.6 Å². The number of rotatable bonds is 2. The third kappa shape index (κ3) is 1.59. The second-order valence-electron chi connectivity index (χ2n) is 2.85. The monoisotopic (exact) mass is 223 g/mol. The summed E-state index contributed by atoms with van der Waals surface area (Å²) >= 11 is 5.83. The van der Waals surface area contributed by atoms with Crippen molar-refractivity contribution in [3.63, 3.8) is 0 Å². The second kappa shape index (κ2) is 3.74. The summed E-state index contributed by atoms with van der Waals surface area (Å²) < 4.78 is 4.88. The Morgan fingerprint density at radius 2 is 2.13 bits per heavy atom. The Kier molecular flexibility index (Phi) is 2.43. The van der Waals surface area contributed by atoms with Crippen LogP contribution < -0.4 is 0 Å². The van der Waals surface area contributed by atoms with Crippen molar-refractivity contribution in [2.24, 2.45) is 0 Å². The van der Waals surface area contributed by atoms with Gasteiger partial charge in [-0.15, -0.1) is 0 Å². The van der Waals surface area contributed by atoms with Crippen LogP contribution in [-0.4, -0.2) is 16.5 Å². The van der Waals surface area contributed by atoms with Crippen LogP contribution in [0.2, 0.25) is 5.02 Å². The van der Waals surface area contributed by atoms with E-state index in [-0.39, 0.29) is 22.2 Å². The fourth-order valence-corrected chi connectivity index (χ4v) is 1.41. The smallest absolute Gasteiger partial charge is 0.189 e. The number of para-hydroxylation sites is 1. The zero-order valence-corrected chi connectivity index (χ0v) is 8.23. The SMILES string of the molecule is O=Cc1noc(-c2ccccc2O)c1Cl. The van der Waals surface area contributed by atoms with Gasteiger partial charge in [-0.2, -0.15) is 0 Å². The van der Waals surface area contributed by atoms with E-state index in [0.29, 0.717) is 11.8 Å². The summed E-state index contributed by atoms with van der Waals surface area (Å²) in [6.07, 6.45) is 0.495. The van der Waals surface area contributed by atoms with E-state index in [2.05, 4.69) is 5.16 Å². The Morgan fingerprint density at radius 3 is 2.73 bits per heavy atom. The fourth-order valence-electron chi connectivity index (χ4n) is 1.20. The van der Waals surface area contributed by atoms with E-state index >= 15 is 0 Å². The van der Waals surface area contributed by atoms with Crippen molar-refractivity contribution in [3.8, 4) is 17.1 Å². The van der Waals surface area contributed by atoms with Gasteiger partial charge in [0.05, 0.1) is 5.56 Å². The van der Waals surface area contributed by atoms with Crippen LogP contribution in [0.4, 0.5) is 0 Å². The molecule has 0 spiro atoms. The number of aromatic hydroxyl groups is 1. The zero-order chi connectivity index (χ0) is 10.8. The number of carbonyl (C=O) groups is 1. The molecule has 1 aromatic carbocycles. The molecule has 2 aromatic rings. The number of benzene rings is 1. The van der Waals surface area contributed by atoms with E-state index in [1.165, 1.54) is 6.07 Å². The Morgan fingerprint density at radius 1 is 1.40 bits per heavy atom. The van der Waals surface area contributed by atoms with Crippen LogP contribution in [0.25, 0.3) is 11.3 Å². The average Bonchev–Trinajstić information content (AvgIpc) is 2.60. The number of aldehydes is 1. The molecule has 1 heterocycles. The normalized spacial score (nSPS) is 10.2. The van der Waals surface area contributed by atoms with E-state index in [1.807, 2.05) is 0 Å². The Hall–Kier alpha value is -1.81. The number of hydrogen-bond donors (Lipinski definition) is 1. The third-order valence-corrected chi connectivity index (χ3v) is 2.29. The van der Waals surface area contributed by atoms with Gasteiger partial charge in [0, 0.05) is 0 Å². The van der Waals surface area contributed by atoms with Gasteiger partial charge < -0.3 is 9.63 Å². The van der Waals surface area contributed by atoms with E-state index in [1.54, 1.807) is 18.2 Å². The Labute approximate surface area is 90.1 Å². The van der Waals surface area contributed by atoms with Crippen molar-refractivity contribution >= 4 is 17.9 Å². The van der Waals surface area contributed by atoms with Crippen LogP contribution in [0, 0.1) is 0 Å². The van der Waals surface area contributed by atoms with Crippen LogP contribution in [0.3, 0.4) is 0 Å². The van der Waals surface area contributed by atoms with Crippen molar-refractivity contribution in [2.45, 2.75) is 0 Å². The molecule has 0 aliphatic heterocycles. The number of hydrogen-bond acceptors (Lipinski definition) is 4. The zero-order valence-electron chi connectivity index (χ0n) is 7.48. The maximum atomic E-state index is 10.5. The first-order valence-corrected chi connectivity index (χ1v) is 4.50. The van der Waals surface area contributed by atoms with E-state index in [0.717, 1.165) is 0 Å². The molecule has 0 atom stereocenters. The first-order valence-electron chi connectivity index (χ1n) is 4.12.